The van der Waals surface area contributed by atoms with E-state index in [2.05, 4.69) is 30.7 Å². The van der Waals surface area contributed by atoms with Crippen molar-refractivity contribution in [1.29, 1.82) is 0 Å². The Kier molecular flexibility index (Phi) is 6.10. The molecule has 2 amide bonds. The molecule has 4 aromatic rings. The zero-order valence-electron chi connectivity index (χ0n) is 17.5. The molecule has 0 atom stereocenters. The summed E-state index contributed by atoms with van der Waals surface area (Å²) >= 11 is 0. The minimum atomic E-state index is -0.441. The van der Waals surface area contributed by atoms with Crippen LogP contribution in [-0.2, 0) is 0 Å². The van der Waals surface area contributed by atoms with E-state index in [9.17, 15) is 9.59 Å². The van der Waals surface area contributed by atoms with Crippen LogP contribution >= 0.6 is 0 Å². The molecule has 0 aliphatic heterocycles. The molecule has 0 spiro atoms. The van der Waals surface area contributed by atoms with Crippen LogP contribution in [0.1, 0.15) is 26.3 Å². The minimum Gasteiger partial charge on any atom is -0.290 e. The van der Waals surface area contributed by atoms with Crippen LogP contribution < -0.4 is 10.6 Å². The fourth-order valence-corrected chi connectivity index (χ4v) is 3.10. The Bertz CT molecular complexity index is 1360. The second kappa shape index (κ2) is 9.46. The fraction of sp³-hybridized carbons (Fsp3) is 0.0435. The first-order valence-electron chi connectivity index (χ1n) is 9.91. The second-order valence-corrected chi connectivity index (χ2v) is 6.97. The van der Waals surface area contributed by atoms with Crippen LogP contribution in [0.5, 0.6) is 0 Å². The molecular weight excluding hydrogens is 420 g/mol. The van der Waals surface area contributed by atoms with Gasteiger partial charge in [0.05, 0.1) is 5.69 Å². The van der Waals surface area contributed by atoms with E-state index < -0.39 is 5.91 Å². The maximum atomic E-state index is 12.8. The van der Waals surface area contributed by atoms with Crippen LogP contribution in [0.4, 0.5) is 17.6 Å². The van der Waals surface area contributed by atoms with Gasteiger partial charge in [-0.25, -0.2) is 0 Å². The molecular formula is C23H18N8O2. The average molecular weight is 438 g/mol. The van der Waals surface area contributed by atoms with Crippen LogP contribution in [0.3, 0.4) is 0 Å². The number of hydrogen-bond acceptors (Lipinski definition) is 5. The summed E-state index contributed by atoms with van der Waals surface area (Å²) < 4.78 is 1.43. The molecule has 162 valence electrons. The normalized spacial score (nSPS) is 10.2. The molecule has 0 saturated heterocycles. The lowest BCUT2D eigenvalue weighted by Gasteiger charge is -2.07. The molecule has 0 fully saturated rings. The molecule has 1 heterocycles. The van der Waals surface area contributed by atoms with Gasteiger partial charge >= 0.3 is 0 Å². The molecule has 0 aliphatic carbocycles. The van der Waals surface area contributed by atoms with E-state index in [1.807, 2.05) is 37.3 Å². The third-order valence-corrected chi connectivity index (χ3v) is 4.74. The summed E-state index contributed by atoms with van der Waals surface area (Å²) in [7, 11) is 0. The Morgan fingerprint density at radius 1 is 0.909 bits per heavy atom. The van der Waals surface area contributed by atoms with E-state index in [1.54, 1.807) is 24.3 Å². The number of benzene rings is 3. The number of nitrogens with zero attached hydrogens (tertiary/aromatic N) is 6. The van der Waals surface area contributed by atoms with Gasteiger partial charge in [-0.2, -0.15) is 9.67 Å². The van der Waals surface area contributed by atoms with Crippen LogP contribution in [0, 0.1) is 6.92 Å². The first-order chi connectivity index (χ1) is 16.0. The standard InChI is InChI=1S/C23H18N8O2/c1-15-7-5-6-10-19(15)21(33)25-22-27-23(31(29-22)18-8-3-2-4-9-18)26-20(32)16-11-13-17(14-12-16)28-30-24/h2-14H,1H3,(H2,25,26,27,29,32,33). The van der Waals surface area contributed by atoms with E-state index in [-0.39, 0.29) is 17.8 Å². The third-order valence-electron chi connectivity index (χ3n) is 4.74. The molecule has 10 nitrogen and oxygen atoms in total. The fourth-order valence-electron chi connectivity index (χ4n) is 3.10. The van der Waals surface area contributed by atoms with Gasteiger partial charge < -0.3 is 0 Å². The number of rotatable bonds is 6. The van der Waals surface area contributed by atoms with E-state index >= 15 is 0 Å². The molecule has 1 aromatic heterocycles. The summed E-state index contributed by atoms with van der Waals surface area (Å²) in [5.41, 5.74) is 11.2. The van der Waals surface area contributed by atoms with E-state index in [4.69, 9.17) is 5.53 Å². The van der Waals surface area contributed by atoms with Crippen molar-refractivity contribution in [2.24, 2.45) is 5.11 Å². The van der Waals surface area contributed by atoms with Gasteiger partial charge in [0.25, 0.3) is 17.8 Å². The zero-order chi connectivity index (χ0) is 23.2. The van der Waals surface area contributed by atoms with Gasteiger partial charge in [0.2, 0.25) is 5.95 Å². The number of carbonyl (C=O) groups excluding carboxylic acids is 2. The monoisotopic (exact) mass is 438 g/mol. The molecule has 0 aliphatic rings. The first-order valence-corrected chi connectivity index (χ1v) is 9.91. The summed E-state index contributed by atoms with van der Waals surface area (Å²) in [6, 6.07) is 22.4. The molecule has 33 heavy (non-hydrogen) atoms. The van der Waals surface area contributed by atoms with E-state index in [0.29, 0.717) is 22.5 Å². The number of carbonyl (C=O) groups is 2. The Labute approximate surface area is 188 Å². The second-order valence-electron chi connectivity index (χ2n) is 6.97. The SMILES string of the molecule is Cc1ccccc1C(=O)Nc1nc(NC(=O)c2ccc(N=[N+]=[N-])cc2)n(-c2ccccc2)n1. The van der Waals surface area contributed by atoms with Crippen molar-refractivity contribution in [3.8, 4) is 5.69 Å². The van der Waals surface area contributed by atoms with Gasteiger partial charge in [-0.1, -0.05) is 53.6 Å². The van der Waals surface area contributed by atoms with Crippen molar-refractivity contribution >= 4 is 29.4 Å². The van der Waals surface area contributed by atoms with Crippen LogP contribution in [0.15, 0.2) is 84.0 Å². The summed E-state index contributed by atoms with van der Waals surface area (Å²) in [4.78, 5) is 32.5. The van der Waals surface area contributed by atoms with Crippen molar-refractivity contribution in [2.75, 3.05) is 10.6 Å². The number of azide groups is 1. The molecule has 3 aromatic carbocycles. The molecule has 2 N–H and O–H groups in total. The highest BCUT2D eigenvalue weighted by Gasteiger charge is 2.18. The van der Waals surface area contributed by atoms with E-state index in [0.717, 1.165) is 5.56 Å². The number of hydrogen-bond donors (Lipinski definition) is 2. The van der Waals surface area contributed by atoms with Gasteiger partial charge in [-0.3, -0.25) is 20.2 Å². The number of aryl methyl sites for hydroxylation is 1. The lowest BCUT2D eigenvalue weighted by molar-refractivity contribution is 0.101. The summed E-state index contributed by atoms with van der Waals surface area (Å²) in [6.45, 7) is 1.84. The maximum absolute atomic E-state index is 12.8. The number of amides is 2. The molecule has 0 bridgehead atoms. The predicted octanol–water partition coefficient (Wildman–Crippen LogP) is 5.02. The highest BCUT2D eigenvalue weighted by Crippen LogP contribution is 2.19. The van der Waals surface area contributed by atoms with Gasteiger partial charge in [-0.15, -0.1) is 5.10 Å². The Balaban J connectivity index is 1.63. The summed E-state index contributed by atoms with van der Waals surface area (Å²) in [5.74, 6) is -0.625. The largest absolute Gasteiger partial charge is 0.290 e. The third kappa shape index (κ3) is 4.87. The van der Waals surface area contributed by atoms with Gasteiger partial charge in [0.15, 0.2) is 0 Å². The number of anilines is 2. The highest BCUT2D eigenvalue weighted by molar-refractivity contribution is 6.05. The van der Waals surface area contributed by atoms with Gasteiger partial charge in [0, 0.05) is 21.7 Å². The number of nitrogens with one attached hydrogen (secondary N) is 2. The minimum absolute atomic E-state index is 0.0427. The van der Waals surface area contributed by atoms with Crippen molar-refractivity contribution in [2.45, 2.75) is 6.92 Å². The molecule has 0 saturated carbocycles. The zero-order valence-corrected chi connectivity index (χ0v) is 17.5. The Morgan fingerprint density at radius 3 is 2.30 bits per heavy atom. The smallest absolute Gasteiger partial charge is 0.258 e. The quantitative estimate of drug-likeness (QED) is 0.248. The molecule has 4 rings (SSSR count). The molecule has 0 radical (unpaired) electrons. The van der Waals surface area contributed by atoms with Crippen molar-refractivity contribution in [3.63, 3.8) is 0 Å². The van der Waals surface area contributed by atoms with Crippen molar-refractivity contribution in [1.82, 2.24) is 14.8 Å². The lowest BCUT2D eigenvalue weighted by Crippen LogP contribution is -2.15. The summed E-state index contributed by atoms with van der Waals surface area (Å²) in [5, 5.41) is 13.3. The highest BCUT2D eigenvalue weighted by atomic mass is 16.2. The van der Waals surface area contributed by atoms with Crippen LogP contribution in [0.2, 0.25) is 0 Å². The van der Waals surface area contributed by atoms with Crippen molar-refractivity contribution in [3.05, 3.63) is 106 Å². The van der Waals surface area contributed by atoms with Gasteiger partial charge in [0.1, 0.15) is 0 Å². The number of para-hydroxylation sites is 1. The molecule has 10 heteroatoms. The van der Waals surface area contributed by atoms with Crippen molar-refractivity contribution < 1.29 is 9.59 Å². The predicted molar refractivity (Wildman–Crippen MR) is 124 cm³/mol. The maximum Gasteiger partial charge on any atom is 0.258 e. The Hall–Kier alpha value is -4.95. The average Bonchev–Trinajstić information content (AvgIpc) is 3.22. The topological polar surface area (TPSA) is 138 Å². The van der Waals surface area contributed by atoms with E-state index in [1.165, 1.54) is 28.9 Å². The van der Waals surface area contributed by atoms with Crippen LogP contribution in [0.25, 0.3) is 16.1 Å². The number of aromatic nitrogens is 3. The van der Waals surface area contributed by atoms with Crippen LogP contribution in [-0.4, -0.2) is 26.6 Å². The lowest BCUT2D eigenvalue weighted by atomic mass is 10.1. The molecule has 0 unspecified atom stereocenters. The Morgan fingerprint density at radius 2 is 1.61 bits per heavy atom. The first kappa shape index (κ1) is 21.3. The summed E-state index contributed by atoms with van der Waals surface area (Å²) in [6.07, 6.45) is 0. The van der Waals surface area contributed by atoms with Gasteiger partial charge in [-0.05, 0) is 48.4 Å².